The molecule has 1 amide bonds. The number of fused-ring (bicyclic) bond motifs is 2. The lowest BCUT2D eigenvalue weighted by Gasteiger charge is -2.09. The fourth-order valence-corrected chi connectivity index (χ4v) is 3.39. The summed E-state index contributed by atoms with van der Waals surface area (Å²) in [6, 6.07) is 17.4. The van der Waals surface area contributed by atoms with Gasteiger partial charge in [0.25, 0.3) is 5.91 Å². The molecule has 2 N–H and O–H groups in total. The maximum absolute atomic E-state index is 12.7. The lowest BCUT2D eigenvalue weighted by atomic mass is 10.2. The molecule has 0 spiro atoms. The van der Waals surface area contributed by atoms with E-state index in [1.54, 1.807) is 10.7 Å². The van der Waals surface area contributed by atoms with E-state index in [4.69, 9.17) is 0 Å². The van der Waals surface area contributed by atoms with E-state index in [0.29, 0.717) is 11.3 Å². The lowest BCUT2D eigenvalue weighted by molar-refractivity contribution is 0.102. The molecule has 0 bridgehead atoms. The number of para-hydroxylation sites is 2. The van der Waals surface area contributed by atoms with Gasteiger partial charge in [0, 0.05) is 23.5 Å². The first-order chi connectivity index (χ1) is 14.1. The number of imidazole rings is 1. The summed E-state index contributed by atoms with van der Waals surface area (Å²) in [5.74, 6) is 0.574. The van der Waals surface area contributed by atoms with Crippen molar-refractivity contribution in [3.05, 3.63) is 77.7 Å². The largest absolute Gasteiger partial charge is 0.338 e. The standard InChI is InChI=1S/C22H18N6O/c1-13-11-20-23-12-17(14(2)28(20)27-13)22(29)24-16-9-7-15(8-10-16)21-25-18-5-3-4-6-19(18)26-21/h3-12H,1-2H3,(H,24,29)(H,25,26). The minimum atomic E-state index is -0.221. The Morgan fingerprint density at radius 1 is 1.07 bits per heavy atom. The summed E-state index contributed by atoms with van der Waals surface area (Å²) in [6.45, 7) is 3.76. The molecule has 3 heterocycles. The Kier molecular flexibility index (Phi) is 3.87. The molecule has 0 radical (unpaired) electrons. The number of amides is 1. The Labute approximate surface area is 166 Å². The maximum Gasteiger partial charge on any atom is 0.259 e. The molecule has 3 aromatic heterocycles. The van der Waals surface area contributed by atoms with Crippen LogP contribution in [0.3, 0.4) is 0 Å². The number of aromatic amines is 1. The smallest absolute Gasteiger partial charge is 0.259 e. The first-order valence-corrected chi connectivity index (χ1v) is 9.27. The zero-order valence-electron chi connectivity index (χ0n) is 16.0. The van der Waals surface area contributed by atoms with E-state index in [2.05, 4.69) is 25.4 Å². The van der Waals surface area contributed by atoms with Crippen molar-refractivity contribution in [1.82, 2.24) is 24.6 Å². The normalized spacial score (nSPS) is 11.2. The molecule has 2 aromatic carbocycles. The van der Waals surface area contributed by atoms with Gasteiger partial charge in [0.05, 0.1) is 28.0 Å². The molecule has 5 aromatic rings. The van der Waals surface area contributed by atoms with E-state index in [-0.39, 0.29) is 5.91 Å². The van der Waals surface area contributed by atoms with Crippen molar-refractivity contribution in [3.63, 3.8) is 0 Å². The summed E-state index contributed by atoms with van der Waals surface area (Å²) in [6.07, 6.45) is 1.59. The Morgan fingerprint density at radius 2 is 1.86 bits per heavy atom. The molecular weight excluding hydrogens is 364 g/mol. The van der Waals surface area contributed by atoms with Crippen LogP contribution >= 0.6 is 0 Å². The number of anilines is 1. The number of aryl methyl sites for hydroxylation is 2. The Balaban J connectivity index is 1.39. The predicted molar refractivity (Wildman–Crippen MR) is 112 cm³/mol. The summed E-state index contributed by atoms with van der Waals surface area (Å²) < 4.78 is 1.69. The highest BCUT2D eigenvalue weighted by atomic mass is 16.1. The maximum atomic E-state index is 12.7. The van der Waals surface area contributed by atoms with E-state index in [1.807, 2.05) is 68.4 Å². The second kappa shape index (κ2) is 6.56. The van der Waals surface area contributed by atoms with Gasteiger partial charge in [0.15, 0.2) is 5.65 Å². The van der Waals surface area contributed by atoms with Crippen molar-refractivity contribution in [2.45, 2.75) is 13.8 Å². The molecule has 0 fully saturated rings. The molecule has 0 aliphatic rings. The Bertz CT molecular complexity index is 1330. The van der Waals surface area contributed by atoms with E-state index < -0.39 is 0 Å². The molecule has 0 aliphatic carbocycles. The van der Waals surface area contributed by atoms with E-state index >= 15 is 0 Å². The van der Waals surface area contributed by atoms with E-state index in [1.165, 1.54) is 0 Å². The van der Waals surface area contributed by atoms with Crippen molar-refractivity contribution in [2.24, 2.45) is 0 Å². The quantitative estimate of drug-likeness (QED) is 0.491. The average molecular weight is 382 g/mol. The lowest BCUT2D eigenvalue weighted by Crippen LogP contribution is -2.16. The molecule has 5 rings (SSSR count). The number of benzene rings is 2. The Hall–Kier alpha value is -4.00. The van der Waals surface area contributed by atoms with Gasteiger partial charge in [0.2, 0.25) is 0 Å². The second-order valence-electron chi connectivity index (χ2n) is 6.95. The molecule has 0 saturated heterocycles. The van der Waals surface area contributed by atoms with Crippen LogP contribution in [-0.4, -0.2) is 30.5 Å². The minimum Gasteiger partial charge on any atom is -0.338 e. The van der Waals surface area contributed by atoms with Crippen molar-refractivity contribution in [3.8, 4) is 11.4 Å². The van der Waals surface area contributed by atoms with Crippen LogP contribution in [0.15, 0.2) is 60.8 Å². The molecule has 0 saturated carbocycles. The zero-order chi connectivity index (χ0) is 20.0. The number of carbonyl (C=O) groups excluding carboxylic acids is 1. The third-order valence-corrected chi connectivity index (χ3v) is 4.90. The van der Waals surface area contributed by atoms with Gasteiger partial charge < -0.3 is 10.3 Å². The molecule has 0 unspecified atom stereocenters. The van der Waals surface area contributed by atoms with Gasteiger partial charge in [-0.25, -0.2) is 14.5 Å². The van der Waals surface area contributed by atoms with Crippen LogP contribution in [0.25, 0.3) is 28.1 Å². The van der Waals surface area contributed by atoms with Gasteiger partial charge in [-0.3, -0.25) is 4.79 Å². The molecule has 142 valence electrons. The number of carbonyl (C=O) groups is 1. The highest BCUT2D eigenvalue weighted by molar-refractivity contribution is 6.05. The van der Waals surface area contributed by atoms with Gasteiger partial charge in [-0.05, 0) is 50.2 Å². The predicted octanol–water partition coefficient (Wildman–Crippen LogP) is 4.14. The molecular formula is C22H18N6O. The van der Waals surface area contributed by atoms with Crippen molar-refractivity contribution < 1.29 is 4.79 Å². The number of rotatable bonds is 3. The molecule has 7 heteroatoms. The van der Waals surface area contributed by atoms with Crippen LogP contribution in [0.5, 0.6) is 0 Å². The SMILES string of the molecule is Cc1cc2ncc(C(=O)Nc3ccc(-c4nc5ccccc5[nH]4)cc3)c(C)n2n1. The summed E-state index contributed by atoms with van der Waals surface area (Å²) in [5.41, 5.74) is 6.39. The summed E-state index contributed by atoms with van der Waals surface area (Å²) >= 11 is 0. The molecule has 0 aliphatic heterocycles. The summed E-state index contributed by atoms with van der Waals surface area (Å²) in [4.78, 5) is 25.0. The first-order valence-electron chi connectivity index (χ1n) is 9.27. The van der Waals surface area contributed by atoms with Crippen LogP contribution in [0, 0.1) is 13.8 Å². The van der Waals surface area contributed by atoms with Crippen LogP contribution in [0.4, 0.5) is 5.69 Å². The second-order valence-corrected chi connectivity index (χ2v) is 6.95. The number of hydrogen-bond donors (Lipinski definition) is 2. The van der Waals surface area contributed by atoms with Gasteiger partial charge in [-0.2, -0.15) is 5.10 Å². The van der Waals surface area contributed by atoms with Crippen LogP contribution in [0.2, 0.25) is 0 Å². The number of aromatic nitrogens is 5. The number of H-pyrrole nitrogens is 1. The van der Waals surface area contributed by atoms with Crippen molar-refractivity contribution >= 4 is 28.3 Å². The van der Waals surface area contributed by atoms with Crippen LogP contribution < -0.4 is 5.32 Å². The summed E-state index contributed by atoms with van der Waals surface area (Å²) in [5, 5.41) is 7.31. The third kappa shape index (κ3) is 3.02. The number of nitrogens with zero attached hydrogens (tertiary/aromatic N) is 4. The molecule has 7 nitrogen and oxygen atoms in total. The fraction of sp³-hybridized carbons (Fsp3) is 0.0909. The average Bonchev–Trinajstić information content (AvgIpc) is 3.32. The molecule has 29 heavy (non-hydrogen) atoms. The van der Waals surface area contributed by atoms with Crippen molar-refractivity contribution in [1.29, 1.82) is 0 Å². The highest BCUT2D eigenvalue weighted by Crippen LogP contribution is 2.22. The van der Waals surface area contributed by atoms with Gasteiger partial charge in [-0.15, -0.1) is 0 Å². The number of nitrogens with one attached hydrogen (secondary N) is 2. The third-order valence-electron chi connectivity index (χ3n) is 4.90. The monoisotopic (exact) mass is 382 g/mol. The molecule has 0 atom stereocenters. The van der Waals surface area contributed by atoms with Crippen molar-refractivity contribution in [2.75, 3.05) is 5.32 Å². The van der Waals surface area contributed by atoms with Gasteiger partial charge in [0.1, 0.15) is 5.82 Å². The topological polar surface area (TPSA) is 88.0 Å². The Morgan fingerprint density at radius 3 is 2.66 bits per heavy atom. The highest BCUT2D eigenvalue weighted by Gasteiger charge is 2.14. The van der Waals surface area contributed by atoms with E-state index in [9.17, 15) is 4.79 Å². The van der Waals surface area contributed by atoms with E-state index in [0.717, 1.165) is 39.5 Å². The van der Waals surface area contributed by atoms with Gasteiger partial charge >= 0.3 is 0 Å². The number of hydrogen-bond acceptors (Lipinski definition) is 4. The minimum absolute atomic E-state index is 0.221. The first kappa shape index (κ1) is 17.1. The van der Waals surface area contributed by atoms with Gasteiger partial charge in [-0.1, -0.05) is 12.1 Å². The van der Waals surface area contributed by atoms with Crippen LogP contribution in [-0.2, 0) is 0 Å². The summed E-state index contributed by atoms with van der Waals surface area (Å²) in [7, 11) is 0. The zero-order valence-corrected chi connectivity index (χ0v) is 16.0. The van der Waals surface area contributed by atoms with Crippen LogP contribution in [0.1, 0.15) is 21.7 Å². The fourth-order valence-electron chi connectivity index (χ4n) is 3.39.